The van der Waals surface area contributed by atoms with Crippen LogP contribution in [0.1, 0.15) is 90.7 Å². The molecule has 1 aliphatic carbocycles. The van der Waals surface area contributed by atoms with Crippen LogP contribution < -0.4 is 9.47 Å². The molecule has 212 valence electrons. The van der Waals surface area contributed by atoms with Gasteiger partial charge in [-0.3, -0.25) is 0 Å². The molecule has 0 unspecified atom stereocenters. The summed E-state index contributed by atoms with van der Waals surface area (Å²) < 4.78 is 30.1. The minimum atomic E-state index is -1.87. The van der Waals surface area contributed by atoms with Crippen LogP contribution in [-0.4, -0.2) is 46.8 Å². The number of allylic oxidation sites excluding steroid dienone is 2. The van der Waals surface area contributed by atoms with E-state index in [2.05, 4.69) is 53.7 Å². The Morgan fingerprint density at radius 1 is 0.919 bits per heavy atom. The first-order valence-electron chi connectivity index (χ1n) is 14.2. The molecule has 37 heavy (non-hydrogen) atoms. The second-order valence-corrected chi connectivity index (χ2v) is 15.5. The zero-order chi connectivity index (χ0) is 27.5. The van der Waals surface area contributed by atoms with Crippen LogP contribution in [0.25, 0.3) is 0 Å². The van der Waals surface area contributed by atoms with E-state index in [0.717, 1.165) is 54.5 Å². The zero-order valence-electron chi connectivity index (χ0n) is 24.7. The number of methoxy groups -OCH3 is 2. The molecule has 0 aliphatic heterocycles. The van der Waals surface area contributed by atoms with Crippen molar-refractivity contribution in [3.05, 3.63) is 35.1 Å². The third-order valence-electron chi connectivity index (χ3n) is 8.05. The first kappa shape index (κ1) is 31.7. The molecule has 1 aromatic carbocycles. The first-order chi connectivity index (χ1) is 17.7. The molecule has 6 nitrogen and oxygen atoms in total. The number of ether oxygens (including phenoxy) is 4. The second-order valence-electron chi connectivity index (χ2n) is 10.8. The van der Waals surface area contributed by atoms with Gasteiger partial charge in [-0.05, 0) is 80.9 Å². The highest BCUT2D eigenvalue weighted by Crippen LogP contribution is 2.50. The van der Waals surface area contributed by atoms with Crippen LogP contribution in [-0.2, 0) is 20.3 Å². The molecular weight excluding hydrogens is 484 g/mol. The molecule has 0 amide bonds. The summed E-state index contributed by atoms with van der Waals surface area (Å²) in [5.41, 5.74) is 1.71. The molecule has 0 spiro atoms. The fourth-order valence-corrected chi connectivity index (χ4v) is 8.95. The summed E-state index contributed by atoms with van der Waals surface area (Å²) in [7, 11) is 1.39. The molecule has 0 bridgehead atoms. The molecule has 0 saturated carbocycles. The number of benzene rings is 1. The fraction of sp³-hybridized carbons (Fsp3) is 0.733. The van der Waals surface area contributed by atoms with Crippen LogP contribution in [0.4, 0.5) is 0 Å². The van der Waals surface area contributed by atoms with Gasteiger partial charge in [0.1, 0.15) is 11.5 Å². The van der Waals surface area contributed by atoms with Crippen molar-refractivity contribution in [2.45, 2.75) is 110 Å². The van der Waals surface area contributed by atoms with Gasteiger partial charge in [0.05, 0.1) is 11.4 Å². The molecule has 2 atom stereocenters. The Morgan fingerprint density at radius 3 is 1.97 bits per heavy atom. The van der Waals surface area contributed by atoms with E-state index in [1.165, 1.54) is 18.4 Å². The Bertz CT molecular complexity index is 811. The van der Waals surface area contributed by atoms with Crippen molar-refractivity contribution in [2.24, 2.45) is 5.92 Å². The summed E-state index contributed by atoms with van der Waals surface area (Å²) in [6.45, 7) is 13.8. The lowest BCUT2D eigenvalue weighted by Crippen LogP contribution is -2.49. The van der Waals surface area contributed by atoms with Gasteiger partial charge in [0.15, 0.2) is 21.9 Å². The largest absolute Gasteiger partial charge is 0.513 e. The lowest BCUT2D eigenvalue weighted by atomic mass is 9.70. The topological polar surface area (TPSA) is 66.4 Å². The van der Waals surface area contributed by atoms with Gasteiger partial charge in [0.2, 0.25) is 0 Å². The third-order valence-corrected chi connectivity index (χ3v) is 12.9. The molecule has 2 rings (SSSR count). The Labute approximate surface area is 226 Å². The van der Waals surface area contributed by atoms with E-state index in [1.54, 1.807) is 14.2 Å². The number of aliphatic hydroxyl groups excluding tert-OH is 1. The maximum atomic E-state index is 10.7. The van der Waals surface area contributed by atoms with Crippen LogP contribution in [0.2, 0.25) is 18.1 Å². The number of aliphatic hydroxyl groups is 1. The van der Waals surface area contributed by atoms with Crippen LogP contribution in [0, 0.1) is 5.92 Å². The molecule has 0 radical (unpaired) electrons. The van der Waals surface area contributed by atoms with E-state index < -0.39 is 8.32 Å². The van der Waals surface area contributed by atoms with Gasteiger partial charge in [-0.2, -0.15) is 0 Å². The van der Waals surface area contributed by atoms with Crippen molar-refractivity contribution < 1.29 is 28.5 Å². The Hall–Kier alpha value is -1.54. The maximum absolute atomic E-state index is 10.7. The molecular formula is C30H52O6Si. The van der Waals surface area contributed by atoms with E-state index in [-0.39, 0.29) is 31.0 Å². The molecule has 0 saturated heterocycles. The number of aryl methyl sites for hydroxylation is 1. The number of unbranched alkanes of at least 4 members (excludes halogenated alkanes) is 2. The van der Waals surface area contributed by atoms with E-state index in [4.69, 9.17) is 23.4 Å². The zero-order valence-corrected chi connectivity index (χ0v) is 25.7. The maximum Gasteiger partial charge on any atom is 0.192 e. The summed E-state index contributed by atoms with van der Waals surface area (Å²) >= 11 is 0. The minimum absolute atomic E-state index is 0.135. The normalized spacial score (nSPS) is 18.5. The van der Waals surface area contributed by atoms with Crippen molar-refractivity contribution in [1.29, 1.82) is 0 Å². The van der Waals surface area contributed by atoms with Gasteiger partial charge >= 0.3 is 0 Å². The smallest absolute Gasteiger partial charge is 0.192 e. The molecule has 1 N–H and O–H groups in total. The van der Waals surface area contributed by atoms with E-state index in [1.807, 2.05) is 6.08 Å². The molecule has 0 heterocycles. The van der Waals surface area contributed by atoms with E-state index >= 15 is 0 Å². The number of hydrogen-bond donors (Lipinski definition) is 1. The third kappa shape index (κ3) is 8.47. The monoisotopic (exact) mass is 536 g/mol. The van der Waals surface area contributed by atoms with Crippen LogP contribution in [0.5, 0.6) is 11.5 Å². The van der Waals surface area contributed by atoms with E-state index in [0.29, 0.717) is 12.2 Å². The summed E-state index contributed by atoms with van der Waals surface area (Å²) in [4.78, 5) is 0. The summed E-state index contributed by atoms with van der Waals surface area (Å²) in [6.07, 6.45) is 7.85. The average molecular weight is 537 g/mol. The van der Waals surface area contributed by atoms with Crippen LogP contribution >= 0.6 is 0 Å². The first-order valence-corrected chi connectivity index (χ1v) is 16.7. The highest BCUT2D eigenvalue weighted by molar-refractivity contribution is 6.73. The fourth-order valence-electron chi connectivity index (χ4n) is 5.75. The molecule has 0 fully saturated rings. The molecule has 7 heteroatoms. The summed E-state index contributed by atoms with van der Waals surface area (Å²) in [5.74, 6) is 1.89. The van der Waals surface area contributed by atoms with Crippen LogP contribution in [0.15, 0.2) is 24.0 Å². The van der Waals surface area contributed by atoms with Gasteiger partial charge < -0.3 is 28.5 Å². The molecule has 0 aromatic heterocycles. The predicted octanol–water partition coefficient (Wildman–Crippen LogP) is 8.12. The van der Waals surface area contributed by atoms with Crippen LogP contribution in [0.3, 0.4) is 0 Å². The van der Waals surface area contributed by atoms with Gasteiger partial charge in [-0.15, -0.1) is 0 Å². The molecule has 1 aliphatic rings. The van der Waals surface area contributed by atoms with Gasteiger partial charge in [-0.25, -0.2) is 0 Å². The summed E-state index contributed by atoms with van der Waals surface area (Å²) in [6, 6.07) is 7.53. The summed E-state index contributed by atoms with van der Waals surface area (Å²) in [5, 5.41) is 10.7. The van der Waals surface area contributed by atoms with Crippen molar-refractivity contribution in [1.82, 2.24) is 0 Å². The highest BCUT2D eigenvalue weighted by Gasteiger charge is 2.45. The Morgan fingerprint density at radius 2 is 1.49 bits per heavy atom. The standard InChI is InChI=1S/C30H52O6Si/c1-9-13-14-15-23-18-27(34-21-32-7)29(28(19-23)35-22-33-8)25-20-24(31)16-17-26(25)30(5,6)36-37(10-2,11-3)12-4/h18-20,25-26,31H,9-17,21-22H2,1-8H3/t25-,26-/m1/s1. The van der Waals surface area contributed by atoms with Gasteiger partial charge in [0, 0.05) is 32.1 Å². The Balaban J connectivity index is 2.63. The quantitative estimate of drug-likeness (QED) is 0.123. The van der Waals surface area contributed by atoms with E-state index in [9.17, 15) is 5.11 Å². The minimum Gasteiger partial charge on any atom is -0.513 e. The lowest BCUT2D eigenvalue weighted by molar-refractivity contribution is 0.0128. The van der Waals surface area contributed by atoms with Crippen molar-refractivity contribution >= 4 is 8.32 Å². The number of rotatable bonds is 17. The van der Waals surface area contributed by atoms with Gasteiger partial charge in [-0.1, -0.05) is 40.5 Å². The second kappa shape index (κ2) is 15.1. The average Bonchev–Trinajstić information content (AvgIpc) is 2.89. The SMILES string of the molecule is CCCCCc1cc(OCOC)c([C@@H]2C=C(O)CC[C@H]2C(C)(C)O[Si](CC)(CC)CC)c(OCOC)c1. The lowest BCUT2D eigenvalue weighted by Gasteiger charge is -2.46. The van der Waals surface area contributed by atoms with Crippen molar-refractivity contribution in [3.63, 3.8) is 0 Å². The Kier molecular flexibility index (Phi) is 13.0. The van der Waals surface area contributed by atoms with Crippen molar-refractivity contribution in [3.8, 4) is 11.5 Å². The predicted molar refractivity (Wildman–Crippen MR) is 153 cm³/mol. The molecule has 1 aromatic rings. The van der Waals surface area contributed by atoms with Gasteiger partial charge in [0.25, 0.3) is 0 Å². The number of hydrogen-bond acceptors (Lipinski definition) is 6. The highest BCUT2D eigenvalue weighted by atomic mass is 28.4. The van der Waals surface area contributed by atoms with Crippen molar-refractivity contribution in [2.75, 3.05) is 27.8 Å².